The average molecular weight is 383 g/mol. The lowest BCUT2D eigenvalue weighted by atomic mass is 9.97. The van der Waals surface area contributed by atoms with Crippen LogP contribution in [0.25, 0.3) is 0 Å². The predicted molar refractivity (Wildman–Crippen MR) is 112 cm³/mol. The van der Waals surface area contributed by atoms with Gasteiger partial charge in [-0.15, -0.1) is 6.58 Å². The number of carbonyl (C=O) groups is 2. The first-order chi connectivity index (χ1) is 13.1. The maximum Gasteiger partial charge on any atom is 0.307 e. The van der Waals surface area contributed by atoms with E-state index in [0.717, 1.165) is 32.1 Å². The third kappa shape index (κ3) is 17.8. The first kappa shape index (κ1) is 25.7. The van der Waals surface area contributed by atoms with Crippen LogP contribution >= 0.6 is 0 Å². The van der Waals surface area contributed by atoms with E-state index in [9.17, 15) is 14.7 Å². The summed E-state index contributed by atoms with van der Waals surface area (Å²) in [7, 11) is 0. The average Bonchev–Trinajstić information content (AvgIpc) is 2.65. The lowest BCUT2D eigenvalue weighted by Crippen LogP contribution is -2.19. The number of hydrogen-bond acceptors (Lipinski definition) is 3. The van der Waals surface area contributed by atoms with Crippen LogP contribution in [0.5, 0.6) is 0 Å². The lowest BCUT2D eigenvalue weighted by molar-refractivity contribution is -0.151. The molecule has 0 aromatic carbocycles. The molecule has 0 heterocycles. The van der Waals surface area contributed by atoms with Crippen LogP contribution in [0.2, 0.25) is 0 Å². The number of carboxylic acids is 1. The van der Waals surface area contributed by atoms with E-state index in [1.54, 1.807) is 0 Å². The Kier molecular flexibility index (Phi) is 18.5. The fourth-order valence-electron chi connectivity index (χ4n) is 3.24. The van der Waals surface area contributed by atoms with Crippen LogP contribution in [-0.2, 0) is 14.3 Å². The Morgan fingerprint density at radius 1 is 0.889 bits per heavy atom. The van der Waals surface area contributed by atoms with Gasteiger partial charge in [-0.1, -0.05) is 83.6 Å². The van der Waals surface area contributed by atoms with Crippen LogP contribution in [0.4, 0.5) is 0 Å². The number of aliphatic carboxylic acids is 1. The van der Waals surface area contributed by atoms with Gasteiger partial charge in [-0.3, -0.25) is 9.59 Å². The third-order valence-electron chi connectivity index (χ3n) is 4.94. The van der Waals surface area contributed by atoms with E-state index in [2.05, 4.69) is 6.58 Å². The molecule has 27 heavy (non-hydrogen) atoms. The molecule has 0 aliphatic heterocycles. The van der Waals surface area contributed by atoms with Gasteiger partial charge in [-0.25, -0.2) is 0 Å². The molecule has 0 radical (unpaired) electrons. The number of carbonyl (C=O) groups excluding carboxylic acids is 1. The molecule has 1 atom stereocenters. The van der Waals surface area contributed by atoms with Crippen molar-refractivity contribution in [2.45, 2.75) is 110 Å². The molecule has 158 valence electrons. The van der Waals surface area contributed by atoms with Gasteiger partial charge in [0.05, 0.1) is 18.9 Å². The molecular weight excluding hydrogens is 340 g/mol. The summed E-state index contributed by atoms with van der Waals surface area (Å²) in [5.74, 6) is -1.86. The Morgan fingerprint density at radius 2 is 1.37 bits per heavy atom. The molecular formula is C23H42O4. The van der Waals surface area contributed by atoms with Gasteiger partial charge in [0.15, 0.2) is 0 Å². The van der Waals surface area contributed by atoms with Crippen LogP contribution in [0, 0.1) is 5.92 Å². The van der Waals surface area contributed by atoms with Crippen molar-refractivity contribution in [3.8, 4) is 0 Å². The quantitative estimate of drug-likeness (QED) is 0.145. The molecule has 0 saturated heterocycles. The molecule has 4 heteroatoms. The van der Waals surface area contributed by atoms with Crippen molar-refractivity contribution in [1.82, 2.24) is 0 Å². The van der Waals surface area contributed by atoms with Gasteiger partial charge >= 0.3 is 11.9 Å². The molecule has 0 fully saturated rings. The number of allylic oxidation sites excluding steroid dienone is 1. The number of unbranched alkanes of at least 4 members (excludes halogenated alkanes) is 12. The minimum atomic E-state index is -0.882. The van der Waals surface area contributed by atoms with E-state index in [4.69, 9.17) is 4.74 Å². The zero-order valence-corrected chi connectivity index (χ0v) is 17.6. The standard InChI is InChI=1S/C23H42O4/c1-3-5-6-7-8-9-10-11-12-13-14-15-16-17-18-21(23(25)26)20-22(24)27-19-4-2/h3,21H,1,4-20H2,2H3,(H,25,26). The monoisotopic (exact) mass is 382 g/mol. The Hall–Kier alpha value is -1.32. The highest BCUT2D eigenvalue weighted by Gasteiger charge is 2.21. The van der Waals surface area contributed by atoms with Crippen molar-refractivity contribution < 1.29 is 19.4 Å². The Morgan fingerprint density at radius 3 is 1.81 bits per heavy atom. The van der Waals surface area contributed by atoms with Crippen molar-refractivity contribution in [2.24, 2.45) is 5.92 Å². The second-order valence-electron chi connectivity index (χ2n) is 7.57. The largest absolute Gasteiger partial charge is 0.481 e. The fraction of sp³-hybridized carbons (Fsp3) is 0.826. The molecule has 0 bridgehead atoms. The van der Waals surface area contributed by atoms with Gasteiger partial charge in [0.1, 0.15) is 0 Å². The van der Waals surface area contributed by atoms with E-state index in [0.29, 0.717) is 13.0 Å². The predicted octanol–water partition coefficient (Wildman–Crippen LogP) is 6.68. The zero-order chi connectivity index (χ0) is 20.2. The third-order valence-corrected chi connectivity index (χ3v) is 4.94. The molecule has 1 unspecified atom stereocenters. The second-order valence-corrected chi connectivity index (χ2v) is 7.57. The van der Waals surface area contributed by atoms with Gasteiger partial charge in [0, 0.05) is 0 Å². The summed E-state index contributed by atoms with van der Waals surface area (Å²) in [5, 5.41) is 9.24. The number of rotatable bonds is 20. The van der Waals surface area contributed by atoms with Crippen molar-refractivity contribution in [3.05, 3.63) is 12.7 Å². The lowest BCUT2D eigenvalue weighted by Gasteiger charge is -2.11. The maximum atomic E-state index is 11.6. The summed E-state index contributed by atoms with van der Waals surface area (Å²) in [6.45, 7) is 6.05. The zero-order valence-electron chi connectivity index (χ0n) is 17.6. The minimum absolute atomic E-state index is 0.00290. The highest BCUT2D eigenvalue weighted by atomic mass is 16.5. The molecule has 0 aliphatic carbocycles. The van der Waals surface area contributed by atoms with Crippen molar-refractivity contribution in [2.75, 3.05) is 6.61 Å². The molecule has 0 saturated carbocycles. The van der Waals surface area contributed by atoms with Crippen molar-refractivity contribution in [1.29, 1.82) is 0 Å². The van der Waals surface area contributed by atoms with E-state index < -0.39 is 11.9 Å². The molecule has 1 N–H and O–H groups in total. The van der Waals surface area contributed by atoms with E-state index in [1.807, 2.05) is 13.0 Å². The Balaban J connectivity index is 3.48. The molecule has 0 rings (SSSR count). The van der Waals surface area contributed by atoms with Gasteiger partial charge in [-0.2, -0.15) is 0 Å². The number of hydrogen-bond donors (Lipinski definition) is 1. The fourth-order valence-corrected chi connectivity index (χ4v) is 3.24. The highest BCUT2D eigenvalue weighted by Crippen LogP contribution is 2.17. The maximum absolute atomic E-state index is 11.6. The molecule has 0 aromatic rings. The van der Waals surface area contributed by atoms with Crippen LogP contribution < -0.4 is 0 Å². The van der Waals surface area contributed by atoms with E-state index in [1.165, 1.54) is 57.8 Å². The smallest absolute Gasteiger partial charge is 0.307 e. The molecule has 0 aliphatic rings. The van der Waals surface area contributed by atoms with Crippen LogP contribution in [0.3, 0.4) is 0 Å². The van der Waals surface area contributed by atoms with Crippen molar-refractivity contribution in [3.63, 3.8) is 0 Å². The summed E-state index contributed by atoms with van der Waals surface area (Å²) < 4.78 is 4.99. The van der Waals surface area contributed by atoms with Crippen LogP contribution in [0.15, 0.2) is 12.7 Å². The van der Waals surface area contributed by atoms with Gasteiger partial charge in [0.25, 0.3) is 0 Å². The SMILES string of the molecule is C=CCCCCCCCCCCCCCCC(CC(=O)OCCC)C(=O)O. The summed E-state index contributed by atoms with van der Waals surface area (Å²) >= 11 is 0. The van der Waals surface area contributed by atoms with E-state index >= 15 is 0 Å². The first-order valence-electron chi connectivity index (χ1n) is 11.1. The second kappa shape index (κ2) is 19.4. The molecule has 0 aromatic heterocycles. The van der Waals surface area contributed by atoms with Gasteiger partial charge in [-0.05, 0) is 25.7 Å². The van der Waals surface area contributed by atoms with Gasteiger partial charge in [0.2, 0.25) is 0 Å². The minimum Gasteiger partial charge on any atom is -0.481 e. The van der Waals surface area contributed by atoms with E-state index in [-0.39, 0.29) is 12.4 Å². The van der Waals surface area contributed by atoms with Crippen LogP contribution in [-0.4, -0.2) is 23.7 Å². The summed E-state index contributed by atoms with van der Waals surface area (Å²) in [5.41, 5.74) is 0. The summed E-state index contributed by atoms with van der Waals surface area (Å²) in [4.78, 5) is 22.8. The molecule has 0 spiro atoms. The number of esters is 1. The van der Waals surface area contributed by atoms with Crippen LogP contribution in [0.1, 0.15) is 110 Å². The topological polar surface area (TPSA) is 63.6 Å². The Bertz CT molecular complexity index is 379. The summed E-state index contributed by atoms with van der Waals surface area (Å²) in [6, 6.07) is 0. The number of carboxylic acid groups (broad SMARTS) is 1. The number of ether oxygens (including phenoxy) is 1. The normalized spacial score (nSPS) is 11.9. The molecule has 0 amide bonds. The molecule has 4 nitrogen and oxygen atoms in total. The Labute approximate surface area is 166 Å². The van der Waals surface area contributed by atoms with Gasteiger partial charge < -0.3 is 9.84 Å². The highest BCUT2D eigenvalue weighted by molar-refractivity contribution is 5.78. The first-order valence-corrected chi connectivity index (χ1v) is 11.1. The summed E-state index contributed by atoms with van der Waals surface area (Å²) in [6.07, 6.45) is 19.4. The van der Waals surface area contributed by atoms with Crippen molar-refractivity contribution >= 4 is 11.9 Å².